The van der Waals surface area contributed by atoms with Crippen molar-refractivity contribution in [3.05, 3.63) is 59.7 Å². The van der Waals surface area contributed by atoms with Crippen molar-refractivity contribution in [3.63, 3.8) is 0 Å². The lowest BCUT2D eigenvalue weighted by Gasteiger charge is -2.31. The van der Waals surface area contributed by atoms with E-state index in [0.717, 1.165) is 23.8 Å². The smallest absolute Gasteiger partial charge is 0.242 e. The molecule has 0 heterocycles. The largest absolute Gasteiger partial charge is 0.497 e. The van der Waals surface area contributed by atoms with Crippen LogP contribution in [0.3, 0.4) is 0 Å². The first-order chi connectivity index (χ1) is 16.6. The zero-order valence-electron chi connectivity index (χ0n) is 21.3. The van der Waals surface area contributed by atoms with Crippen molar-refractivity contribution in [1.29, 1.82) is 0 Å². The van der Waals surface area contributed by atoms with E-state index in [0.29, 0.717) is 24.3 Å². The average molecular weight is 504 g/mol. The van der Waals surface area contributed by atoms with Gasteiger partial charge in [0.1, 0.15) is 11.8 Å². The number of amides is 2. The normalized spacial score (nSPS) is 12.0. The Balaban J connectivity index is 2.19. The molecule has 0 saturated carbocycles. The Bertz CT molecular complexity index is 1090. The highest BCUT2D eigenvalue weighted by atomic mass is 32.2. The number of hydrogen-bond donors (Lipinski definition) is 1. The van der Waals surface area contributed by atoms with Crippen molar-refractivity contribution in [2.24, 2.45) is 0 Å². The van der Waals surface area contributed by atoms with Gasteiger partial charge in [-0.3, -0.25) is 13.9 Å². The highest BCUT2D eigenvalue weighted by molar-refractivity contribution is 7.92. The summed E-state index contributed by atoms with van der Waals surface area (Å²) in [7, 11) is -0.397. The summed E-state index contributed by atoms with van der Waals surface area (Å²) in [6.45, 7) is 4.31. The average Bonchev–Trinajstić information content (AvgIpc) is 2.85. The number of hydrogen-bond acceptors (Lipinski definition) is 5. The van der Waals surface area contributed by atoms with Gasteiger partial charge in [0.15, 0.2) is 0 Å². The number of carbonyl (C=O) groups is 2. The fraction of sp³-hybridized carbons (Fsp3) is 0.462. The van der Waals surface area contributed by atoms with E-state index in [-0.39, 0.29) is 31.3 Å². The van der Waals surface area contributed by atoms with Crippen molar-refractivity contribution in [2.45, 2.75) is 52.1 Å². The van der Waals surface area contributed by atoms with Gasteiger partial charge in [-0.15, -0.1) is 0 Å². The Morgan fingerprint density at radius 3 is 2.29 bits per heavy atom. The lowest BCUT2D eigenvalue weighted by atomic mass is 10.1. The molecule has 0 unspecified atom stereocenters. The molecule has 9 heteroatoms. The molecule has 192 valence electrons. The van der Waals surface area contributed by atoms with Gasteiger partial charge in [0.05, 0.1) is 19.1 Å². The Kier molecular flexibility index (Phi) is 10.6. The molecule has 0 radical (unpaired) electrons. The van der Waals surface area contributed by atoms with E-state index in [1.54, 1.807) is 31.2 Å². The Morgan fingerprint density at radius 2 is 1.74 bits per heavy atom. The van der Waals surface area contributed by atoms with Gasteiger partial charge in [-0.2, -0.15) is 0 Å². The monoisotopic (exact) mass is 503 g/mol. The van der Waals surface area contributed by atoms with Crippen LogP contribution in [0.1, 0.15) is 44.2 Å². The summed E-state index contributed by atoms with van der Waals surface area (Å²) < 4.78 is 31.5. The molecule has 0 saturated heterocycles. The number of sulfonamides is 1. The van der Waals surface area contributed by atoms with Crippen molar-refractivity contribution in [1.82, 2.24) is 10.2 Å². The predicted octanol–water partition coefficient (Wildman–Crippen LogP) is 3.36. The summed E-state index contributed by atoms with van der Waals surface area (Å²) in [4.78, 5) is 27.4. The summed E-state index contributed by atoms with van der Waals surface area (Å²) in [5, 5.41) is 2.64. The maximum Gasteiger partial charge on any atom is 0.242 e. The molecule has 2 rings (SSSR count). The van der Waals surface area contributed by atoms with Crippen LogP contribution in [-0.4, -0.2) is 58.1 Å². The van der Waals surface area contributed by atoms with Gasteiger partial charge in [-0.1, -0.05) is 38.1 Å². The molecule has 2 aromatic carbocycles. The van der Waals surface area contributed by atoms with Gasteiger partial charge in [-0.05, 0) is 54.7 Å². The number of nitrogens with zero attached hydrogens (tertiary/aromatic N) is 2. The molecule has 0 bridgehead atoms. The molecular weight excluding hydrogens is 466 g/mol. The zero-order valence-corrected chi connectivity index (χ0v) is 22.1. The van der Waals surface area contributed by atoms with Crippen LogP contribution in [-0.2, 0) is 32.6 Å². The number of methoxy groups -OCH3 is 1. The predicted molar refractivity (Wildman–Crippen MR) is 139 cm³/mol. The second-order valence-corrected chi connectivity index (χ2v) is 10.3. The lowest BCUT2D eigenvalue weighted by molar-refractivity contribution is -0.141. The maximum absolute atomic E-state index is 13.3. The highest BCUT2D eigenvalue weighted by Crippen LogP contribution is 2.21. The summed E-state index contributed by atoms with van der Waals surface area (Å²) >= 11 is 0. The van der Waals surface area contributed by atoms with Gasteiger partial charge in [0.2, 0.25) is 21.8 Å². The number of ether oxygens (including phenoxy) is 1. The SMILES string of the molecule is CCc1ccc(N(CCCC(=O)N(Cc2cccc(OC)c2)[C@H](CC)C(=O)NC)S(C)(=O)=O)cc1. The molecule has 0 aliphatic carbocycles. The number of likely N-dealkylation sites (N-methyl/N-ethyl adjacent to an activating group) is 1. The third kappa shape index (κ3) is 7.99. The fourth-order valence-electron chi connectivity index (χ4n) is 3.96. The van der Waals surface area contributed by atoms with Gasteiger partial charge in [0, 0.05) is 26.6 Å². The van der Waals surface area contributed by atoms with Crippen LogP contribution < -0.4 is 14.4 Å². The van der Waals surface area contributed by atoms with E-state index in [2.05, 4.69) is 5.32 Å². The minimum atomic E-state index is -3.52. The summed E-state index contributed by atoms with van der Waals surface area (Å²) in [5.74, 6) is 0.219. The first-order valence-electron chi connectivity index (χ1n) is 11.8. The highest BCUT2D eigenvalue weighted by Gasteiger charge is 2.28. The zero-order chi connectivity index (χ0) is 26.0. The van der Waals surface area contributed by atoms with Crippen LogP contribution in [0.2, 0.25) is 0 Å². The van der Waals surface area contributed by atoms with Gasteiger partial charge >= 0.3 is 0 Å². The molecule has 0 aromatic heterocycles. The maximum atomic E-state index is 13.3. The topological polar surface area (TPSA) is 96.0 Å². The number of carbonyl (C=O) groups excluding carboxylic acids is 2. The van der Waals surface area contributed by atoms with Crippen molar-refractivity contribution >= 4 is 27.5 Å². The molecule has 8 nitrogen and oxygen atoms in total. The molecule has 0 spiro atoms. The van der Waals surface area contributed by atoms with Crippen LogP contribution in [0.25, 0.3) is 0 Å². The first-order valence-corrected chi connectivity index (χ1v) is 13.7. The molecule has 2 amide bonds. The van der Waals surface area contributed by atoms with Crippen molar-refractivity contribution in [2.75, 3.05) is 31.3 Å². The Hall–Kier alpha value is -3.07. The van der Waals surface area contributed by atoms with Crippen LogP contribution in [0.4, 0.5) is 5.69 Å². The van der Waals surface area contributed by atoms with Crippen LogP contribution >= 0.6 is 0 Å². The molecular formula is C26H37N3O5S. The Labute approximate surface area is 209 Å². The third-order valence-corrected chi connectivity index (χ3v) is 7.10. The van der Waals surface area contributed by atoms with E-state index >= 15 is 0 Å². The second-order valence-electron chi connectivity index (χ2n) is 8.37. The lowest BCUT2D eigenvalue weighted by Crippen LogP contribution is -2.48. The van der Waals surface area contributed by atoms with E-state index < -0.39 is 16.1 Å². The minimum Gasteiger partial charge on any atom is -0.497 e. The fourth-order valence-corrected chi connectivity index (χ4v) is 4.92. The van der Waals surface area contributed by atoms with Crippen LogP contribution in [0.15, 0.2) is 48.5 Å². The van der Waals surface area contributed by atoms with Crippen molar-refractivity contribution < 1.29 is 22.7 Å². The van der Waals surface area contributed by atoms with Gasteiger partial charge in [-0.25, -0.2) is 8.42 Å². The third-order valence-electron chi connectivity index (χ3n) is 5.90. The number of rotatable bonds is 13. The summed E-state index contributed by atoms with van der Waals surface area (Å²) in [6.07, 6.45) is 2.91. The van der Waals surface area contributed by atoms with Crippen LogP contribution in [0.5, 0.6) is 5.75 Å². The quantitative estimate of drug-likeness (QED) is 0.452. The first kappa shape index (κ1) is 28.2. The molecule has 0 aliphatic heterocycles. The van der Waals surface area contributed by atoms with Crippen LogP contribution in [0, 0.1) is 0 Å². The summed E-state index contributed by atoms with van der Waals surface area (Å²) in [6, 6.07) is 14.1. The standard InChI is InChI=1S/C26H37N3O5S/c1-6-20-13-15-22(16-14-20)29(35(5,32)33)17-9-12-25(30)28(24(7-2)26(31)27-3)19-21-10-8-11-23(18-21)34-4/h8,10-11,13-16,18,24H,6-7,9,12,17,19H2,1-5H3,(H,27,31)/t24-/m1/s1. The molecule has 35 heavy (non-hydrogen) atoms. The summed E-state index contributed by atoms with van der Waals surface area (Å²) in [5.41, 5.74) is 2.53. The molecule has 0 fully saturated rings. The molecule has 1 atom stereocenters. The molecule has 1 N–H and O–H groups in total. The van der Waals surface area contributed by atoms with E-state index in [1.807, 2.05) is 50.2 Å². The number of aryl methyl sites for hydroxylation is 1. The number of nitrogens with one attached hydrogen (secondary N) is 1. The van der Waals surface area contributed by atoms with E-state index in [4.69, 9.17) is 4.74 Å². The van der Waals surface area contributed by atoms with Gasteiger partial charge < -0.3 is 15.0 Å². The molecule has 2 aromatic rings. The number of anilines is 1. The number of benzene rings is 2. The van der Waals surface area contributed by atoms with E-state index in [9.17, 15) is 18.0 Å². The minimum absolute atomic E-state index is 0.108. The Morgan fingerprint density at radius 1 is 1.06 bits per heavy atom. The van der Waals surface area contributed by atoms with Gasteiger partial charge in [0.25, 0.3) is 0 Å². The van der Waals surface area contributed by atoms with Crippen molar-refractivity contribution in [3.8, 4) is 5.75 Å². The van der Waals surface area contributed by atoms with E-state index in [1.165, 1.54) is 4.31 Å². The second kappa shape index (κ2) is 13.1. The molecule has 0 aliphatic rings.